The number of esters is 3. The van der Waals surface area contributed by atoms with Gasteiger partial charge in [-0.15, -0.1) is 0 Å². The van der Waals surface area contributed by atoms with Crippen molar-refractivity contribution >= 4 is 17.9 Å². The standard InChI is InChI=1S/C72H120O6/c1-4-7-10-13-16-19-22-25-27-29-30-31-32-33-34-35-36-37-38-39-40-41-42-43-45-47-50-53-56-59-62-65-71(74)77-68-69(67-76-70(73)64-61-58-55-52-49-46-24-21-18-15-12-9-6-3)78-72(75)66-63-60-57-54-51-48-44-28-26-23-20-17-14-11-8-5-2/h7,9-10,12,16,18-19,21,25,27-28,30-31,33-34,36-37,44,46,49,69H,4-6,8,11,13-15,17,20,22-24,26,29,32,35,38-43,45,47-48,50-68H2,1-3H3/b10-7-,12-9-,19-16-,21-18-,27-25-,31-30-,34-33-,37-36-,44-28-,49-46-. The fourth-order valence-corrected chi connectivity index (χ4v) is 8.87. The summed E-state index contributed by atoms with van der Waals surface area (Å²) in [5, 5.41) is 0. The number of rotatable bonds is 58. The van der Waals surface area contributed by atoms with Crippen molar-refractivity contribution in [2.45, 2.75) is 303 Å². The molecule has 0 saturated carbocycles. The molecule has 0 aliphatic carbocycles. The van der Waals surface area contributed by atoms with E-state index < -0.39 is 6.10 Å². The Balaban J connectivity index is 4.27. The third kappa shape index (κ3) is 62.7. The number of hydrogen-bond acceptors (Lipinski definition) is 6. The number of unbranched alkanes of at least 4 members (excludes halogenated alkanes) is 27. The molecule has 0 bridgehead atoms. The first-order valence-corrected chi connectivity index (χ1v) is 32.5. The molecule has 0 radical (unpaired) electrons. The predicted molar refractivity (Wildman–Crippen MR) is 339 cm³/mol. The van der Waals surface area contributed by atoms with Crippen LogP contribution in [-0.2, 0) is 28.6 Å². The Morgan fingerprint density at radius 2 is 0.500 bits per heavy atom. The van der Waals surface area contributed by atoms with Crippen LogP contribution < -0.4 is 0 Å². The maximum atomic E-state index is 12.9. The molecule has 0 rings (SSSR count). The lowest BCUT2D eigenvalue weighted by molar-refractivity contribution is -0.167. The maximum Gasteiger partial charge on any atom is 0.306 e. The first-order valence-electron chi connectivity index (χ1n) is 32.5. The van der Waals surface area contributed by atoms with Gasteiger partial charge in [-0.25, -0.2) is 0 Å². The molecule has 1 atom stereocenters. The average molecular weight is 1080 g/mol. The van der Waals surface area contributed by atoms with Crippen LogP contribution in [0.3, 0.4) is 0 Å². The van der Waals surface area contributed by atoms with Crippen molar-refractivity contribution in [1.29, 1.82) is 0 Å². The van der Waals surface area contributed by atoms with Crippen LogP contribution in [0.4, 0.5) is 0 Å². The zero-order chi connectivity index (χ0) is 56.4. The molecule has 0 aromatic heterocycles. The fourth-order valence-electron chi connectivity index (χ4n) is 8.87. The molecule has 0 aromatic carbocycles. The predicted octanol–water partition coefficient (Wildman–Crippen LogP) is 22.4. The average Bonchev–Trinajstić information content (AvgIpc) is 3.44. The number of carbonyl (C=O) groups is 3. The maximum absolute atomic E-state index is 12.9. The van der Waals surface area contributed by atoms with Crippen molar-refractivity contribution < 1.29 is 28.6 Å². The zero-order valence-electron chi connectivity index (χ0n) is 50.9. The topological polar surface area (TPSA) is 78.9 Å². The molecule has 0 aliphatic rings. The molecule has 0 N–H and O–H groups in total. The summed E-state index contributed by atoms with van der Waals surface area (Å²) in [5.41, 5.74) is 0. The Kier molecular flexibility index (Phi) is 61.8. The number of carbonyl (C=O) groups excluding carboxylic acids is 3. The minimum Gasteiger partial charge on any atom is -0.462 e. The van der Waals surface area contributed by atoms with Gasteiger partial charge in [-0.1, -0.05) is 271 Å². The molecule has 6 nitrogen and oxygen atoms in total. The van der Waals surface area contributed by atoms with Crippen molar-refractivity contribution in [3.63, 3.8) is 0 Å². The van der Waals surface area contributed by atoms with Gasteiger partial charge in [-0.3, -0.25) is 14.4 Å². The summed E-state index contributed by atoms with van der Waals surface area (Å²) in [6.07, 6.45) is 90.7. The second-order valence-electron chi connectivity index (χ2n) is 21.3. The van der Waals surface area contributed by atoms with Gasteiger partial charge in [0.25, 0.3) is 0 Å². The lowest BCUT2D eigenvalue weighted by Crippen LogP contribution is -2.30. The third-order valence-electron chi connectivity index (χ3n) is 13.7. The van der Waals surface area contributed by atoms with E-state index in [4.69, 9.17) is 14.2 Å². The van der Waals surface area contributed by atoms with Crippen LogP contribution in [0.15, 0.2) is 122 Å². The highest BCUT2D eigenvalue weighted by Gasteiger charge is 2.19. The smallest absolute Gasteiger partial charge is 0.306 e. The summed E-state index contributed by atoms with van der Waals surface area (Å²) < 4.78 is 16.9. The Bertz CT molecular complexity index is 1620. The van der Waals surface area contributed by atoms with Crippen LogP contribution in [0.5, 0.6) is 0 Å². The number of ether oxygens (including phenoxy) is 3. The Morgan fingerprint density at radius 3 is 0.808 bits per heavy atom. The van der Waals surface area contributed by atoms with Crippen LogP contribution in [0.2, 0.25) is 0 Å². The van der Waals surface area contributed by atoms with Crippen molar-refractivity contribution in [2.75, 3.05) is 13.2 Å². The lowest BCUT2D eigenvalue weighted by atomic mass is 10.0. The normalized spacial score (nSPS) is 12.9. The van der Waals surface area contributed by atoms with Gasteiger partial charge in [-0.2, -0.15) is 0 Å². The third-order valence-corrected chi connectivity index (χ3v) is 13.7. The summed E-state index contributed by atoms with van der Waals surface area (Å²) in [4.78, 5) is 38.3. The van der Waals surface area contributed by atoms with Crippen LogP contribution in [0, 0.1) is 0 Å². The second kappa shape index (κ2) is 65.3. The summed E-state index contributed by atoms with van der Waals surface area (Å²) in [6, 6.07) is 0. The van der Waals surface area contributed by atoms with Crippen LogP contribution >= 0.6 is 0 Å². The molecule has 0 fully saturated rings. The van der Waals surface area contributed by atoms with Crippen molar-refractivity contribution in [2.24, 2.45) is 0 Å². The molecule has 6 heteroatoms. The Hall–Kier alpha value is -4.19. The van der Waals surface area contributed by atoms with Crippen LogP contribution in [-0.4, -0.2) is 37.2 Å². The van der Waals surface area contributed by atoms with Gasteiger partial charge in [-0.05, 0) is 128 Å². The minimum atomic E-state index is -0.798. The second-order valence-corrected chi connectivity index (χ2v) is 21.3. The highest BCUT2D eigenvalue weighted by Crippen LogP contribution is 2.16. The van der Waals surface area contributed by atoms with E-state index in [2.05, 4.69) is 142 Å². The highest BCUT2D eigenvalue weighted by molar-refractivity contribution is 5.71. The first kappa shape index (κ1) is 73.8. The summed E-state index contributed by atoms with van der Waals surface area (Å²) in [5.74, 6) is -0.928. The first-order chi connectivity index (χ1) is 38.5. The molecular weight excluding hydrogens is 961 g/mol. The summed E-state index contributed by atoms with van der Waals surface area (Å²) >= 11 is 0. The van der Waals surface area contributed by atoms with E-state index in [9.17, 15) is 14.4 Å². The molecule has 78 heavy (non-hydrogen) atoms. The molecule has 0 spiro atoms. The van der Waals surface area contributed by atoms with Crippen molar-refractivity contribution in [1.82, 2.24) is 0 Å². The van der Waals surface area contributed by atoms with Gasteiger partial charge in [0.1, 0.15) is 13.2 Å². The fraction of sp³-hybridized carbons (Fsp3) is 0.681. The zero-order valence-corrected chi connectivity index (χ0v) is 50.9. The number of allylic oxidation sites excluding steroid dienone is 20. The molecule has 0 aromatic rings. The van der Waals surface area contributed by atoms with Crippen molar-refractivity contribution in [3.8, 4) is 0 Å². The summed E-state index contributed by atoms with van der Waals surface area (Å²) in [6.45, 7) is 6.39. The molecule has 0 heterocycles. The monoisotopic (exact) mass is 1080 g/mol. The van der Waals surface area contributed by atoms with Gasteiger partial charge in [0.05, 0.1) is 0 Å². The van der Waals surface area contributed by atoms with E-state index in [1.54, 1.807) is 0 Å². The van der Waals surface area contributed by atoms with Gasteiger partial charge in [0.15, 0.2) is 6.10 Å². The molecule has 0 amide bonds. The van der Waals surface area contributed by atoms with E-state index in [0.717, 1.165) is 135 Å². The van der Waals surface area contributed by atoms with Crippen molar-refractivity contribution in [3.05, 3.63) is 122 Å². The molecule has 0 saturated heterocycles. The number of hydrogen-bond donors (Lipinski definition) is 0. The minimum absolute atomic E-state index is 0.0925. The van der Waals surface area contributed by atoms with Gasteiger partial charge in [0, 0.05) is 19.3 Å². The largest absolute Gasteiger partial charge is 0.462 e. The van der Waals surface area contributed by atoms with E-state index >= 15 is 0 Å². The van der Waals surface area contributed by atoms with Crippen LogP contribution in [0.1, 0.15) is 297 Å². The van der Waals surface area contributed by atoms with Gasteiger partial charge >= 0.3 is 17.9 Å². The van der Waals surface area contributed by atoms with E-state index in [-0.39, 0.29) is 31.1 Å². The van der Waals surface area contributed by atoms with Gasteiger partial charge in [0.2, 0.25) is 0 Å². The lowest BCUT2D eigenvalue weighted by Gasteiger charge is -2.18. The highest BCUT2D eigenvalue weighted by atomic mass is 16.6. The Morgan fingerprint density at radius 1 is 0.269 bits per heavy atom. The Labute approximate surface area is 482 Å². The quantitative estimate of drug-likeness (QED) is 0.0261. The molecular formula is C72H120O6. The summed E-state index contributed by atoms with van der Waals surface area (Å²) in [7, 11) is 0. The van der Waals surface area contributed by atoms with Crippen LogP contribution in [0.25, 0.3) is 0 Å². The molecule has 0 aliphatic heterocycles. The van der Waals surface area contributed by atoms with Gasteiger partial charge < -0.3 is 14.2 Å². The van der Waals surface area contributed by atoms with E-state index in [1.807, 2.05) is 0 Å². The SMILES string of the molecule is CC/C=C\C/C=C\C/C=C\C/C=C\C/C=C\C/C=C\CCCCCCCCCCCCCCC(=O)OCC(COC(=O)CCCCC/C=C\C/C=C\C/C=C\CC)OC(=O)CCCCCCC/C=C\CCCCCCCCC. The van der Waals surface area contributed by atoms with E-state index in [0.29, 0.717) is 19.3 Å². The molecule has 1 unspecified atom stereocenters. The van der Waals surface area contributed by atoms with E-state index in [1.165, 1.54) is 122 Å². The molecule has 444 valence electrons.